The third kappa shape index (κ3) is 2.43. The molecule has 0 aliphatic rings. The maximum atomic E-state index is 13.0. The van der Waals surface area contributed by atoms with Crippen molar-refractivity contribution in [1.82, 2.24) is 10.1 Å². The highest BCUT2D eigenvalue weighted by Crippen LogP contribution is 2.18. The molecule has 0 saturated heterocycles. The van der Waals surface area contributed by atoms with Crippen LogP contribution in [0.4, 0.5) is 4.39 Å². The molecule has 0 spiro atoms. The summed E-state index contributed by atoms with van der Waals surface area (Å²) < 4.78 is 18.0. The number of aryl methyl sites for hydroxylation is 1. The molecule has 0 fully saturated rings. The molecule has 4 nitrogen and oxygen atoms in total. The average molecular weight is 221 g/mol. The first-order valence-electron chi connectivity index (χ1n) is 5.08. The number of nitrogens with two attached hydrogens (primary N) is 1. The van der Waals surface area contributed by atoms with Crippen molar-refractivity contribution in [2.24, 2.45) is 5.73 Å². The fourth-order valence-corrected chi connectivity index (χ4v) is 1.35. The number of hydrogen-bond donors (Lipinski definition) is 1. The van der Waals surface area contributed by atoms with E-state index in [4.69, 9.17) is 10.3 Å². The van der Waals surface area contributed by atoms with Crippen LogP contribution in [0.5, 0.6) is 0 Å². The number of hydrogen-bond acceptors (Lipinski definition) is 4. The molecule has 0 aliphatic heterocycles. The van der Waals surface area contributed by atoms with Crippen molar-refractivity contribution in [3.63, 3.8) is 0 Å². The second-order valence-corrected chi connectivity index (χ2v) is 3.42. The fourth-order valence-electron chi connectivity index (χ4n) is 1.35. The van der Waals surface area contributed by atoms with Gasteiger partial charge in [0.2, 0.25) is 0 Å². The monoisotopic (exact) mass is 221 g/mol. The summed E-state index contributed by atoms with van der Waals surface area (Å²) in [6.45, 7) is 0.587. The lowest BCUT2D eigenvalue weighted by molar-refractivity contribution is 0.421. The first-order chi connectivity index (χ1) is 7.79. The van der Waals surface area contributed by atoms with Crippen LogP contribution in [0.1, 0.15) is 12.2 Å². The molecule has 5 heteroatoms. The summed E-state index contributed by atoms with van der Waals surface area (Å²) in [5.74, 6) is 0.621. The molecule has 84 valence electrons. The van der Waals surface area contributed by atoms with Crippen molar-refractivity contribution >= 4 is 0 Å². The summed E-state index contributed by atoms with van der Waals surface area (Å²) in [6.07, 6.45) is 1.48. The van der Waals surface area contributed by atoms with E-state index in [0.717, 1.165) is 6.42 Å². The Hall–Kier alpha value is -1.75. The molecule has 1 heterocycles. The van der Waals surface area contributed by atoms with Gasteiger partial charge < -0.3 is 10.3 Å². The second kappa shape index (κ2) is 4.85. The van der Waals surface area contributed by atoms with Crippen molar-refractivity contribution < 1.29 is 8.91 Å². The highest BCUT2D eigenvalue weighted by atomic mass is 19.1. The van der Waals surface area contributed by atoms with Crippen molar-refractivity contribution in [2.45, 2.75) is 12.8 Å². The van der Waals surface area contributed by atoms with Gasteiger partial charge in [-0.3, -0.25) is 0 Å². The minimum atomic E-state index is -0.320. The Kier molecular flexibility index (Phi) is 3.26. The highest BCUT2D eigenvalue weighted by molar-refractivity contribution is 5.52. The van der Waals surface area contributed by atoms with Gasteiger partial charge in [-0.1, -0.05) is 11.2 Å². The standard InChI is InChI=1S/C11H12FN3O/c12-9-4-1-3-8(7-9)11-14-10(15-16-11)5-2-6-13/h1,3-4,7H,2,5-6,13H2. The number of halogens is 1. The summed E-state index contributed by atoms with van der Waals surface area (Å²) in [4.78, 5) is 4.16. The molecule has 0 aliphatic carbocycles. The molecule has 2 N–H and O–H groups in total. The van der Waals surface area contributed by atoms with Gasteiger partial charge in [-0.2, -0.15) is 4.98 Å². The molecule has 16 heavy (non-hydrogen) atoms. The van der Waals surface area contributed by atoms with Crippen LogP contribution < -0.4 is 5.73 Å². The third-order valence-electron chi connectivity index (χ3n) is 2.14. The summed E-state index contributed by atoms with van der Waals surface area (Å²) in [5, 5.41) is 3.80. The van der Waals surface area contributed by atoms with Crippen LogP contribution in [-0.2, 0) is 6.42 Å². The fraction of sp³-hybridized carbons (Fsp3) is 0.273. The Morgan fingerprint density at radius 2 is 2.25 bits per heavy atom. The van der Waals surface area contributed by atoms with Crippen LogP contribution in [0.25, 0.3) is 11.5 Å². The van der Waals surface area contributed by atoms with Crippen molar-refractivity contribution in [2.75, 3.05) is 6.54 Å². The van der Waals surface area contributed by atoms with E-state index < -0.39 is 0 Å². The van der Waals surface area contributed by atoms with Crippen LogP contribution >= 0.6 is 0 Å². The van der Waals surface area contributed by atoms with Crippen LogP contribution in [0.2, 0.25) is 0 Å². The van der Waals surface area contributed by atoms with Crippen LogP contribution in [0, 0.1) is 5.82 Å². The van der Waals surface area contributed by atoms with E-state index in [1.54, 1.807) is 12.1 Å². The molecule has 0 radical (unpaired) electrons. The number of rotatable bonds is 4. The predicted molar refractivity (Wildman–Crippen MR) is 57.1 cm³/mol. The van der Waals surface area contributed by atoms with Gasteiger partial charge in [0.05, 0.1) is 0 Å². The van der Waals surface area contributed by atoms with Crippen LogP contribution in [-0.4, -0.2) is 16.7 Å². The zero-order valence-electron chi connectivity index (χ0n) is 8.69. The average Bonchev–Trinajstić information content (AvgIpc) is 2.75. The lowest BCUT2D eigenvalue weighted by atomic mass is 10.2. The van der Waals surface area contributed by atoms with E-state index in [0.29, 0.717) is 30.2 Å². The molecule has 0 amide bonds. The molecular weight excluding hydrogens is 209 g/mol. The second-order valence-electron chi connectivity index (χ2n) is 3.42. The molecule has 0 unspecified atom stereocenters. The summed E-state index contributed by atoms with van der Waals surface area (Å²) in [6, 6.07) is 6.06. The van der Waals surface area contributed by atoms with Gasteiger partial charge in [-0.15, -0.1) is 0 Å². The molecule has 0 saturated carbocycles. The van der Waals surface area contributed by atoms with Gasteiger partial charge in [0.25, 0.3) is 5.89 Å². The van der Waals surface area contributed by atoms with E-state index >= 15 is 0 Å². The maximum absolute atomic E-state index is 13.0. The third-order valence-corrected chi connectivity index (χ3v) is 2.14. The maximum Gasteiger partial charge on any atom is 0.258 e. The quantitative estimate of drug-likeness (QED) is 0.854. The van der Waals surface area contributed by atoms with E-state index in [9.17, 15) is 4.39 Å². The summed E-state index contributed by atoms with van der Waals surface area (Å²) >= 11 is 0. The van der Waals surface area contributed by atoms with Gasteiger partial charge in [-0.25, -0.2) is 4.39 Å². The van der Waals surface area contributed by atoms with Crippen molar-refractivity contribution in [1.29, 1.82) is 0 Å². The molecule has 2 aromatic rings. The summed E-state index contributed by atoms with van der Waals surface area (Å²) in [7, 11) is 0. The smallest absolute Gasteiger partial charge is 0.258 e. The Morgan fingerprint density at radius 1 is 1.38 bits per heavy atom. The highest BCUT2D eigenvalue weighted by Gasteiger charge is 2.08. The Labute approximate surface area is 92.3 Å². The first-order valence-corrected chi connectivity index (χ1v) is 5.08. The number of benzene rings is 1. The van der Waals surface area contributed by atoms with Crippen LogP contribution in [0.15, 0.2) is 28.8 Å². The molecular formula is C11H12FN3O. The Bertz CT molecular complexity index is 470. The molecule has 2 rings (SSSR count). The van der Waals surface area contributed by atoms with Crippen molar-refractivity contribution in [3.8, 4) is 11.5 Å². The minimum Gasteiger partial charge on any atom is -0.334 e. The van der Waals surface area contributed by atoms with E-state index in [2.05, 4.69) is 10.1 Å². The first kappa shape index (κ1) is 10.8. The van der Waals surface area contributed by atoms with Gasteiger partial charge in [0.15, 0.2) is 5.82 Å². The van der Waals surface area contributed by atoms with Gasteiger partial charge in [0.1, 0.15) is 5.82 Å². The number of nitrogens with zero attached hydrogens (tertiary/aromatic N) is 2. The molecule has 0 atom stereocenters. The Morgan fingerprint density at radius 3 is 3.00 bits per heavy atom. The van der Waals surface area contributed by atoms with Crippen LogP contribution in [0.3, 0.4) is 0 Å². The van der Waals surface area contributed by atoms with E-state index in [1.807, 2.05) is 0 Å². The zero-order valence-corrected chi connectivity index (χ0v) is 8.69. The molecule has 1 aromatic heterocycles. The number of aromatic nitrogens is 2. The lowest BCUT2D eigenvalue weighted by Crippen LogP contribution is -2.01. The van der Waals surface area contributed by atoms with E-state index in [-0.39, 0.29) is 5.82 Å². The Balaban J connectivity index is 2.18. The summed E-state index contributed by atoms with van der Waals surface area (Å²) in [5.41, 5.74) is 5.97. The van der Waals surface area contributed by atoms with Gasteiger partial charge in [-0.05, 0) is 31.2 Å². The molecule has 1 aromatic carbocycles. The molecule has 0 bridgehead atoms. The topological polar surface area (TPSA) is 64.9 Å². The predicted octanol–water partition coefficient (Wildman–Crippen LogP) is 1.77. The minimum absolute atomic E-state index is 0.320. The zero-order chi connectivity index (χ0) is 11.4. The largest absolute Gasteiger partial charge is 0.334 e. The van der Waals surface area contributed by atoms with Crippen molar-refractivity contribution in [3.05, 3.63) is 35.9 Å². The van der Waals surface area contributed by atoms with Gasteiger partial charge >= 0.3 is 0 Å². The normalized spacial score (nSPS) is 10.6. The van der Waals surface area contributed by atoms with Gasteiger partial charge in [0, 0.05) is 12.0 Å². The lowest BCUT2D eigenvalue weighted by Gasteiger charge is -1.93. The van der Waals surface area contributed by atoms with E-state index in [1.165, 1.54) is 12.1 Å². The SMILES string of the molecule is NCCCc1noc(-c2cccc(F)c2)n1.